The number of phenolic OH excluding ortho intramolecular Hbond substituents is 2. The summed E-state index contributed by atoms with van der Waals surface area (Å²) in [6.45, 7) is 0. The van der Waals surface area contributed by atoms with Crippen molar-refractivity contribution in [2.75, 3.05) is 10.2 Å². The van der Waals surface area contributed by atoms with Crippen molar-refractivity contribution in [2.45, 2.75) is 11.7 Å². The van der Waals surface area contributed by atoms with Gasteiger partial charge in [-0.3, -0.25) is 14.4 Å². The fraction of sp³-hybridized carbons (Fsp3) is 0.118. The molecule has 0 saturated carbocycles. The second-order valence-electron chi connectivity index (χ2n) is 5.37. The summed E-state index contributed by atoms with van der Waals surface area (Å²) in [5.74, 6) is -1.00. The number of carbonyl (C=O) groups is 3. The maximum atomic E-state index is 12.5. The van der Waals surface area contributed by atoms with Gasteiger partial charge < -0.3 is 15.5 Å². The minimum absolute atomic E-state index is 0.00866. The molecule has 1 unspecified atom stereocenters. The summed E-state index contributed by atoms with van der Waals surface area (Å²) in [6, 6.07) is 11.8. The molecular weight excluding hydrogens is 344 g/mol. The maximum absolute atomic E-state index is 12.5. The smallest absolute Gasteiger partial charge is 0.293 e. The monoisotopic (exact) mass is 358 g/mol. The van der Waals surface area contributed by atoms with E-state index >= 15 is 0 Å². The third-order valence-corrected chi connectivity index (χ3v) is 4.55. The van der Waals surface area contributed by atoms with Crippen LogP contribution < -0.4 is 10.2 Å². The number of carbonyl (C=O) groups excluding carboxylic acids is 3. The summed E-state index contributed by atoms with van der Waals surface area (Å²) in [4.78, 5) is 37.6. The first kappa shape index (κ1) is 16.8. The van der Waals surface area contributed by atoms with E-state index in [2.05, 4.69) is 5.32 Å². The summed E-state index contributed by atoms with van der Waals surface area (Å²) in [5.41, 5.74) is 0.662. The van der Waals surface area contributed by atoms with Crippen molar-refractivity contribution in [3.05, 3.63) is 48.5 Å². The molecule has 25 heavy (non-hydrogen) atoms. The second-order valence-corrected chi connectivity index (χ2v) is 6.52. The normalized spacial score (nSPS) is 17.0. The summed E-state index contributed by atoms with van der Waals surface area (Å²) in [7, 11) is 0. The van der Waals surface area contributed by atoms with Crippen LogP contribution in [0, 0.1) is 0 Å². The maximum Gasteiger partial charge on any atom is 0.293 e. The first-order chi connectivity index (χ1) is 11.9. The van der Waals surface area contributed by atoms with Crippen molar-refractivity contribution in [3.63, 3.8) is 0 Å². The van der Waals surface area contributed by atoms with Crippen molar-refractivity contribution in [2.24, 2.45) is 0 Å². The SMILES string of the molecule is O=C(CC1SC(=O)N(c2cccc(O)c2)C1=O)Nc1cccc(O)c1. The number of anilines is 2. The number of hydrogen-bond acceptors (Lipinski definition) is 6. The van der Waals surface area contributed by atoms with Crippen molar-refractivity contribution < 1.29 is 24.6 Å². The van der Waals surface area contributed by atoms with Gasteiger partial charge in [0.15, 0.2) is 0 Å². The Morgan fingerprint density at radius 2 is 1.76 bits per heavy atom. The molecule has 1 aliphatic rings. The van der Waals surface area contributed by atoms with E-state index in [0.29, 0.717) is 5.69 Å². The standard InChI is InChI=1S/C17H14N2O5S/c20-12-5-1-3-10(7-12)18-15(22)9-14-16(23)19(17(24)25-14)11-4-2-6-13(21)8-11/h1-8,14,20-21H,9H2,(H,18,22). The van der Waals surface area contributed by atoms with Crippen LogP contribution in [0.3, 0.4) is 0 Å². The van der Waals surface area contributed by atoms with Gasteiger partial charge in [0, 0.05) is 24.2 Å². The highest BCUT2D eigenvalue weighted by molar-refractivity contribution is 8.15. The molecule has 1 aliphatic heterocycles. The number of benzene rings is 2. The molecule has 3 amide bonds. The Balaban J connectivity index is 1.69. The lowest BCUT2D eigenvalue weighted by atomic mass is 10.2. The number of thioether (sulfide) groups is 1. The molecule has 0 spiro atoms. The zero-order valence-corrected chi connectivity index (χ0v) is 13.7. The van der Waals surface area contributed by atoms with Gasteiger partial charge in [-0.25, -0.2) is 4.90 Å². The average molecular weight is 358 g/mol. The molecular formula is C17H14N2O5S. The van der Waals surface area contributed by atoms with Crippen LogP contribution in [-0.2, 0) is 9.59 Å². The summed E-state index contributed by atoms with van der Waals surface area (Å²) in [5, 5.41) is 20.1. The summed E-state index contributed by atoms with van der Waals surface area (Å²) in [6.07, 6.45) is -0.180. The number of amides is 3. The number of rotatable bonds is 4. The third-order valence-electron chi connectivity index (χ3n) is 3.51. The Hall–Kier alpha value is -3.00. The molecule has 0 bridgehead atoms. The molecule has 2 aromatic carbocycles. The van der Waals surface area contributed by atoms with Gasteiger partial charge in [-0.15, -0.1) is 0 Å². The van der Waals surface area contributed by atoms with Crippen molar-refractivity contribution in [3.8, 4) is 11.5 Å². The van der Waals surface area contributed by atoms with Crippen LogP contribution in [0.5, 0.6) is 11.5 Å². The highest BCUT2D eigenvalue weighted by Crippen LogP contribution is 2.34. The molecule has 1 saturated heterocycles. The molecule has 2 aromatic rings. The van der Waals surface area contributed by atoms with E-state index < -0.39 is 22.3 Å². The predicted octanol–water partition coefficient (Wildman–Crippen LogP) is 2.70. The lowest BCUT2D eigenvalue weighted by Gasteiger charge is -2.14. The lowest BCUT2D eigenvalue weighted by Crippen LogP contribution is -2.32. The topological polar surface area (TPSA) is 107 Å². The van der Waals surface area contributed by atoms with Crippen LogP contribution in [0.1, 0.15) is 6.42 Å². The Morgan fingerprint density at radius 3 is 2.44 bits per heavy atom. The molecule has 3 N–H and O–H groups in total. The fourth-order valence-electron chi connectivity index (χ4n) is 2.42. The first-order valence-corrected chi connectivity index (χ1v) is 8.24. The number of imide groups is 1. The van der Waals surface area contributed by atoms with Gasteiger partial charge in [0.1, 0.15) is 16.7 Å². The molecule has 1 atom stereocenters. The van der Waals surface area contributed by atoms with E-state index in [9.17, 15) is 24.6 Å². The molecule has 7 nitrogen and oxygen atoms in total. The molecule has 128 valence electrons. The molecule has 1 heterocycles. The summed E-state index contributed by atoms with van der Waals surface area (Å²) < 4.78 is 0. The van der Waals surface area contributed by atoms with Gasteiger partial charge in [0.2, 0.25) is 11.8 Å². The predicted molar refractivity (Wildman–Crippen MR) is 93.7 cm³/mol. The first-order valence-electron chi connectivity index (χ1n) is 7.36. The molecule has 8 heteroatoms. The average Bonchev–Trinajstić information content (AvgIpc) is 2.81. The second kappa shape index (κ2) is 6.86. The molecule has 0 aromatic heterocycles. The Bertz CT molecular complexity index is 854. The van der Waals surface area contributed by atoms with Gasteiger partial charge >= 0.3 is 0 Å². The quantitative estimate of drug-likeness (QED) is 0.776. The van der Waals surface area contributed by atoms with E-state index in [4.69, 9.17) is 0 Å². The highest BCUT2D eigenvalue weighted by Gasteiger charge is 2.41. The van der Waals surface area contributed by atoms with Gasteiger partial charge in [0.25, 0.3) is 5.24 Å². The Kier molecular flexibility index (Phi) is 4.62. The lowest BCUT2D eigenvalue weighted by molar-refractivity contribution is -0.121. The number of aromatic hydroxyl groups is 2. The minimum Gasteiger partial charge on any atom is -0.508 e. The van der Waals surface area contributed by atoms with Crippen LogP contribution in [0.15, 0.2) is 48.5 Å². The Morgan fingerprint density at radius 1 is 1.08 bits per heavy atom. The molecule has 0 radical (unpaired) electrons. The van der Waals surface area contributed by atoms with E-state index in [1.54, 1.807) is 12.1 Å². The van der Waals surface area contributed by atoms with Crippen molar-refractivity contribution in [1.82, 2.24) is 0 Å². The largest absolute Gasteiger partial charge is 0.508 e. The van der Waals surface area contributed by atoms with E-state index in [0.717, 1.165) is 16.7 Å². The fourth-order valence-corrected chi connectivity index (χ4v) is 3.40. The van der Waals surface area contributed by atoms with Crippen LogP contribution in [-0.4, -0.2) is 32.5 Å². The van der Waals surface area contributed by atoms with Crippen molar-refractivity contribution in [1.29, 1.82) is 0 Å². The third kappa shape index (κ3) is 3.74. The molecule has 1 fully saturated rings. The van der Waals surface area contributed by atoms with E-state index in [1.165, 1.54) is 36.4 Å². The minimum atomic E-state index is -0.841. The summed E-state index contributed by atoms with van der Waals surface area (Å²) >= 11 is 0.770. The Labute approximate surface area is 147 Å². The van der Waals surface area contributed by atoms with Gasteiger partial charge in [0.05, 0.1) is 5.69 Å². The number of nitrogens with one attached hydrogen (secondary N) is 1. The number of hydrogen-bond donors (Lipinski definition) is 3. The van der Waals surface area contributed by atoms with Gasteiger partial charge in [-0.05, 0) is 36.0 Å². The van der Waals surface area contributed by atoms with Crippen LogP contribution in [0.2, 0.25) is 0 Å². The zero-order chi connectivity index (χ0) is 18.0. The molecule has 0 aliphatic carbocycles. The molecule has 3 rings (SSSR count). The van der Waals surface area contributed by atoms with Crippen LogP contribution in [0.4, 0.5) is 16.2 Å². The van der Waals surface area contributed by atoms with Gasteiger partial charge in [-0.1, -0.05) is 12.1 Å². The van der Waals surface area contributed by atoms with Gasteiger partial charge in [-0.2, -0.15) is 0 Å². The van der Waals surface area contributed by atoms with Crippen molar-refractivity contribution >= 4 is 40.2 Å². The highest BCUT2D eigenvalue weighted by atomic mass is 32.2. The van der Waals surface area contributed by atoms with E-state index in [-0.39, 0.29) is 23.6 Å². The van der Waals surface area contributed by atoms with Crippen LogP contribution in [0.25, 0.3) is 0 Å². The number of phenols is 2. The zero-order valence-electron chi connectivity index (χ0n) is 12.9. The number of nitrogens with zero attached hydrogens (tertiary/aromatic N) is 1. The van der Waals surface area contributed by atoms with Crippen LogP contribution >= 0.6 is 11.8 Å². The van der Waals surface area contributed by atoms with E-state index in [1.807, 2.05) is 0 Å².